The Labute approximate surface area is 164 Å². The maximum Gasteiger partial charge on any atom is 0.265 e. The highest BCUT2D eigenvalue weighted by Gasteiger charge is 2.18. The second-order valence-corrected chi connectivity index (χ2v) is 6.14. The van der Waals surface area contributed by atoms with Crippen molar-refractivity contribution in [3.8, 4) is 28.7 Å². The van der Waals surface area contributed by atoms with E-state index in [0.29, 0.717) is 22.7 Å². The summed E-state index contributed by atoms with van der Waals surface area (Å²) in [5.74, 6) is 0.527. The smallest absolute Gasteiger partial charge is 0.265 e. The lowest BCUT2D eigenvalue weighted by Gasteiger charge is -2.18. The zero-order chi connectivity index (χ0) is 19.9. The summed E-state index contributed by atoms with van der Waals surface area (Å²) in [4.78, 5) is 12.7. The van der Waals surface area contributed by atoms with E-state index in [9.17, 15) is 4.79 Å². The van der Waals surface area contributed by atoms with Gasteiger partial charge < -0.3 is 14.8 Å². The average molecular weight is 372 g/mol. The van der Waals surface area contributed by atoms with Gasteiger partial charge in [-0.1, -0.05) is 48.5 Å². The van der Waals surface area contributed by atoms with Crippen molar-refractivity contribution in [3.63, 3.8) is 0 Å². The zero-order valence-electron chi connectivity index (χ0n) is 15.7. The van der Waals surface area contributed by atoms with Crippen LogP contribution in [-0.2, 0) is 4.79 Å². The van der Waals surface area contributed by atoms with Crippen molar-refractivity contribution >= 4 is 11.6 Å². The van der Waals surface area contributed by atoms with Crippen LogP contribution in [0.2, 0.25) is 0 Å². The minimum absolute atomic E-state index is 0.283. The molecule has 0 saturated heterocycles. The summed E-state index contributed by atoms with van der Waals surface area (Å²) in [5, 5.41) is 11.9. The molecule has 0 unspecified atom stereocenters. The van der Waals surface area contributed by atoms with Crippen molar-refractivity contribution in [1.82, 2.24) is 0 Å². The van der Waals surface area contributed by atoms with Crippen LogP contribution < -0.4 is 14.8 Å². The van der Waals surface area contributed by atoms with Crippen molar-refractivity contribution in [2.24, 2.45) is 0 Å². The van der Waals surface area contributed by atoms with Gasteiger partial charge in [0.1, 0.15) is 0 Å². The van der Waals surface area contributed by atoms with Crippen molar-refractivity contribution in [1.29, 1.82) is 5.26 Å². The maximum absolute atomic E-state index is 12.7. The Morgan fingerprint density at radius 1 is 1.00 bits per heavy atom. The van der Waals surface area contributed by atoms with Gasteiger partial charge in [-0.05, 0) is 30.7 Å². The second-order valence-electron chi connectivity index (χ2n) is 6.14. The van der Waals surface area contributed by atoms with Gasteiger partial charge in [0, 0.05) is 17.3 Å². The molecular weight excluding hydrogens is 352 g/mol. The first-order valence-corrected chi connectivity index (χ1v) is 8.82. The van der Waals surface area contributed by atoms with Crippen LogP contribution in [-0.4, -0.2) is 19.1 Å². The van der Waals surface area contributed by atoms with Gasteiger partial charge in [0.15, 0.2) is 17.6 Å². The molecule has 5 nitrogen and oxygen atoms in total. The Hall–Kier alpha value is -3.78. The number of rotatable bonds is 6. The minimum Gasteiger partial charge on any atom is -0.493 e. The van der Waals surface area contributed by atoms with E-state index in [2.05, 4.69) is 5.32 Å². The summed E-state index contributed by atoms with van der Waals surface area (Å²) < 4.78 is 11.0. The molecule has 3 aromatic carbocycles. The second kappa shape index (κ2) is 8.74. The van der Waals surface area contributed by atoms with E-state index in [1.165, 1.54) is 7.11 Å². The molecule has 1 N–H and O–H groups in total. The summed E-state index contributed by atoms with van der Waals surface area (Å²) >= 11 is 0. The molecule has 28 heavy (non-hydrogen) atoms. The third-order valence-electron chi connectivity index (χ3n) is 4.24. The van der Waals surface area contributed by atoms with Gasteiger partial charge >= 0.3 is 0 Å². The van der Waals surface area contributed by atoms with Crippen molar-refractivity contribution < 1.29 is 14.3 Å². The van der Waals surface area contributed by atoms with Crippen LogP contribution in [0, 0.1) is 11.3 Å². The van der Waals surface area contributed by atoms with Crippen LogP contribution in [0.5, 0.6) is 11.5 Å². The molecule has 0 aromatic heterocycles. The molecule has 0 aliphatic heterocycles. The molecule has 0 bridgehead atoms. The van der Waals surface area contributed by atoms with E-state index in [-0.39, 0.29) is 5.91 Å². The first-order chi connectivity index (χ1) is 13.6. The number of hydrogen-bond acceptors (Lipinski definition) is 4. The summed E-state index contributed by atoms with van der Waals surface area (Å²) in [6.07, 6.45) is -0.759. The number of hydrogen-bond donors (Lipinski definition) is 1. The third-order valence-corrected chi connectivity index (χ3v) is 4.24. The molecule has 0 aliphatic carbocycles. The van der Waals surface area contributed by atoms with E-state index in [1.807, 2.05) is 60.7 Å². The predicted octanol–water partition coefficient (Wildman–Crippen LogP) is 4.64. The van der Waals surface area contributed by atoms with Crippen molar-refractivity contribution in [2.75, 3.05) is 12.4 Å². The minimum atomic E-state index is -0.759. The highest BCUT2D eigenvalue weighted by molar-refractivity contribution is 5.98. The summed E-state index contributed by atoms with van der Waals surface area (Å²) in [5.41, 5.74) is 3.11. The number of nitriles is 1. The van der Waals surface area contributed by atoms with Gasteiger partial charge in [-0.2, -0.15) is 5.26 Å². The Balaban J connectivity index is 1.77. The van der Waals surface area contributed by atoms with Gasteiger partial charge in [-0.25, -0.2) is 0 Å². The molecule has 3 aromatic rings. The Morgan fingerprint density at radius 2 is 1.71 bits per heavy atom. The van der Waals surface area contributed by atoms with Crippen LogP contribution in [0.1, 0.15) is 12.5 Å². The van der Waals surface area contributed by atoms with Gasteiger partial charge in [-0.3, -0.25) is 4.79 Å². The molecular formula is C23H20N2O3. The summed E-state index contributed by atoms with van der Waals surface area (Å²) in [7, 11) is 1.49. The Morgan fingerprint density at radius 3 is 2.43 bits per heavy atom. The highest BCUT2D eigenvalue weighted by atomic mass is 16.5. The number of para-hydroxylation sites is 1. The monoisotopic (exact) mass is 372 g/mol. The molecule has 1 atom stereocenters. The van der Waals surface area contributed by atoms with Crippen LogP contribution in [0.3, 0.4) is 0 Å². The molecule has 0 radical (unpaired) electrons. The van der Waals surface area contributed by atoms with E-state index >= 15 is 0 Å². The number of nitrogens with zero attached hydrogens (tertiary/aromatic N) is 1. The molecule has 1 amide bonds. The van der Waals surface area contributed by atoms with Crippen molar-refractivity contribution in [3.05, 3.63) is 78.4 Å². The third kappa shape index (κ3) is 4.30. The SMILES string of the molecule is COc1cc(C#N)ccc1O[C@@H](C)C(=O)Nc1ccccc1-c1ccccc1. The number of methoxy groups -OCH3 is 1. The lowest BCUT2D eigenvalue weighted by molar-refractivity contribution is -0.122. The van der Waals surface area contributed by atoms with Crippen LogP contribution in [0.15, 0.2) is 72.8 Å². The fourth-order valence-corrected chi connectivity index (χ4v) is 2.77. The van der Waals surface area contributed by atoms with Crippen LogP contribution in [0.25, 0.3) is 11.1 Å². The molecule has 5 heteroatoms. The molecule has 0 heterocycles. The number of nitrogens with one attached hydrogen (secondary N) is 1. The lowest BCUT2D eigenvalue weighted by Crippen LogP contribution is -2.30. The largest absolute Gasteiger partial charge is 0.493 e. The molecule has 140 valence electrons. The fourth-order valence-electron chi connectivity index (χ4n) is 2.77. The van der Waals surface area contributed by atoms with E-state index in [1.54, 1.807) is 25.1 Å². The van der Waals surface area contributed by atoms with Gasteiger partial charge in [0.2, 0.25) is 0 Å². The summed E-state index contributed by atoms with van der Waals surface area (Å²) in [6, 6.07) is 24.3. The first-order valence-electron chi connectivity index (χ1n) is 8.82. The van der Waals surface area contributed by atoms with E-state index in [0.717, 1.165) is 11.1 Å². The van der Waals surface area contributed by atoms with Gasteiger partial charge in [0.25, 0.3) is 5.91 Å². The summed E-state index contributed by atoms with van der Waals surface area (Å²) in [6.45, 7) is 1.66. The highest BCUT2D eigenvalue weighted by Crippen LogP contribution is 2.30. The molecule has 0 fully saturated rings. The number of anilines is 1. The number of benzene rings is 3. The number of carbonyl (C=O) groups is 1. The number of carbonyl (C=O) groups excluding carboxylic acids is 1. The van der Waals surface area contributed by atoms with Gasteiger partial charge in [-0.15, -0.1) is 0 Å². The number of amides is 1. The van der Waals surface area contributed by atoms with E-state index < -0.39 is 6.10 Å². The zero-order valence-corrected chi connectivity index (χ0v) is 15.7. The lowest BCUT2D eigenvalue weighted by atomic mass is 10.0. The predicted molar refractivity (Wildman–Crippen MR) is 108 cm³/mol. The Bertz CT molecular complexity index is 1010. The molecule has 3 rings (SSSR count). The fraction of sp³-hybridized carbons (Fsp3) is 0.130. The molecule has 0 aliphatic rings. The average Bonchev–Trinajstić information content (AvgIpc) is 2.75. The first kappa shape index (κ1) is 19.0. The standard InChI is InChI=1S/C23H20N2O3/c1-16(28-21-13-12-17(15-24)14-22(21)27-2)23(26)25-20-11-7-6-10-19(20)18-8-4-3-5-9-18/h3-14,16H,1-2H3,(H,25,26)/t16-/m0/s1. The Kier molecular flexibility index (Phi) is 5.93. The maximum atomic E-state index is 12.7. The topological polar surface area (TPSA) is 71.3 Å². The van der Waals surface area contributed by atoms with Crippen LogP contribution in [0.4, 0.5) is 5.69 Å². The van der Waals surface area contributed by atoms with Crippen LogP contribution >= 0.6 is 0 Å². The van der Waals surface area contributed by atoms with E-state index in [4.69, 9.17) is 14.7 Å². The van der Waals surface area contributed by atoms with Crippen molar-refractivity contribution in [2.45, 2.75) is 13.0 Å². The normalized spacial score (nSPS) is 11.2. The number of ether oxygens (including phenoxy) is 2. The molecule has 0 saturated carbocycles. The van der Waals surface area contributed by atoms with Gasteiger partial charge in [0.05, 0.1) is 18.7 Å². The molecule has 0 spiro atoms. The quantitative estimate of drug-likeness (QED) is 0.684.